The van der Waals surface area contributed by atoms with Gasteiger partial charge in [-0.15, -0.1) is 6.58 Å². The van der Waals surface area contributed by atoms with Gasteiger partial charge in [-0.3, -0.25) is 4.98 Å². The topological polar surface area (TPSA) is 25.8 Å². The number of fused-ring (bicyclic) bond motifs is 6. The van der Waals surface area contributed by atoms with Crippen molar-refractivity contribution in [3.8, 4) is 22.4 Å². The smallest absolute Gasteiger partial charge is 0.0788 e. The van der Waals surface area contributed by atoms with Gasteiger partial charge in [0.15, 0.2) is 0 Å². The summed E-state index contributed by atoms with van der Waals surface area (Å²) >= 11 is 0. The molecule has 5 aromatic carbocycles. The van der Waals surface area contributed by atoms with Gasteiger partial charge in [-0.2, -0.15) is 0 Å². The number of aromatic nitrogens is 2. The molecule has 0 spiro atoms. The summed E-state index contributed by atoms with van der Waals surface area (Å²) in [5.41, 5.74) is 19.6. The third-order valence-corrected chi connectivity index (χ3v) is 11.4. The fourth-order valence-electron chi connectivity index (χ4n) is 8.78. The highest BCUT2D eigenvalue weighted by Gasteiger charge is 2.24. The zero-order valence-electron chi connectivity index (χ0n) is 30.3. The second kappa shape index (κ2) is 13.8. The number of pyridine rings is 2. The molecule has 2 nitrogen and oxygen atoms in total. The van der Waals surface area contributed by atoms with Crippen LogP contribution in [0.2, 0.25) is 0 Å². The van der Waals surface area contributed by atoms with Crippen LogP contribution in [0, 0.1) is 6.92 Å². The molecule has 2 aromatic heterocycles. The summed E-state index contributed by atoms with van der Waals surface area (Å²) in [7, 11) is 0. The average molecular weight is 683 g/mol. The van der Waals surface area contributed by atoms with E-state index in [1.165, 1.54) is 61.0 Å². The van der Waals surface area contributed by atoms with Gasteiger partial charge in [0.05, 0.1) is 16.7 Å². The maximum absolute atomic E-state index is 5.31. The minimum absolute atomic E-state index is 0.216. The molecule has 2 heterocycles. The molecule has 2 heteroatoms. The van der Waals surface area contributed by atoms with E-state index in [-0.39, 0.29) is 5.92 Å². The molecule has 0 N–H and O–H groups in total. The van der Waals surface area contributed by atoms with Gasteiger partial charge in [0.2, 0.25) is 0 Å². The van der Waals surface area contributed by atoms with E-state index in [9.17, 15) is 0 Å². The summed E-state index contributed by atoms with van der Waals surface area (Å²) in [5.74, 6) is 0.216. The Morgan fingerprint density at radius 3 is 2.40 bits per heavy atom. The van der Waals surface area contributed by atoms with Gasteiger partial charge in [-0.05, 0) is 112 Å². The summed E-state index contributed by atoms with van der Waals surface area (Å²) in [6, 6.07) is 39.7. The Labute approximate surface area is 312 Å². The molecule has 1 atom stereocenters. The first-order valence-corrected chi connectivity index (χ1v) is 18.8. The lowest BCUT2D eigenvalue weighted by atomic mass is 9.78. The van der Waals surface area contributed by atoms with Crippen LogP contribution in [0.5, 0.6) is 0 Å². The van der Waals surface area contributed by atoms with Crippen molar-refractivity contribution in [2.24, 2.45) is 0 Å². The molecular weight excluding hydrogens is 641 g/mol. The number of hydrogen-bond acceptors (Lipinski definition) is 2. The highest BCUT2D eigenvalue weighted by Crippen LogP contribution is 2.42. The molecule has 0 aliphatic heterocycles. The van der Waals surface area contributed by atoms with Crippen LogP contribution in [-0.4, -0.2) is 9.97 Å². The Morgan fingerprint density at radius 1 is 0.755 bits per heavy atom. The minimum Gasteiger partial charge on any atom is -0.256 e. The molecule has 256 valence electrons. The van der Waals surface area contributed by atoms with Crippen LogP contribution in [0.15, 0.2) is 147 Å². The number of aryl methyl sites for hydroxylation is 1. The molecule has 0 saturated carbocycles. The number of allylic oxidation sites excluding steroid dienone is 4. The quantitative estimate of drug-likeness (QED) is 0.163. The van der Waals surface area contributed by atoms with Gasteiger partial charge in [-0.25, -0.2) is 4.98 Å². The molecule has 0 amide bonds. The van der Waals surface area contributed by atoms with E-state index in [0.29, 0.717) is 0 Å². The number of hydrogen-bond donors (Lipinski definition) is 0. The van der Waals surface area contributed by atoms with E-state index in [2.05, 4.69) is 154 Å². The fourth-order valence-corrected chi connectivity index (χ4v) is 8.78. The van der Waals surface area contributed by atoms with Crippen molar-refractivity contribution in [1.29, 1.82) is 0 Å². The molecule has 1 unspecified atom stereocenters. The van der Waals surface area contributed by atoms with Crippen molar-refractivity contribution in [2.75, 3.05) is 0 Å². The standard InChI is InChI=1S/C51H42N2/c1-4-13-42(40-28-27-37-17-12-31-52-50(37)34(40)3)45-30-29-41(43-18-7-8-19-44(43)45)36-23-25-38(26-24-36)51-47-21-11-16-35-14-5-6-15-39(35)32-33(2)49(47)46-20-9-10-22-48(46)53-51/h4-7,9-12,14-15,17-18,20-31,42H,1-2,8,13,16,19,32H2,3H3/b21-11-. The Morgan fingerprint density at radius 2 is 1.53 bits per heavy atom. The summed E-state index contributed by atoms with van der Waals surface area (Å²) in [6.45, 7) is 11.1. The molecule has 9 rings (SSSR count). The SMILES string of the molecule is C=CCC(c1ccc(-c2ccc(-c3nc4ccccc4c4c3/C=C\Cc3ccccc3CC4=C)cc2)c2c1CCC=C2)c1ccc2cccnc2c1C. The van der Waals surface area contributed by atoms with Crippen LogP contribution < -0.4 is 0 Å². The number of benzene rings is 5. The van der Waals surface area contributed by atoms with E-state index in [1.807, 2.05) is 12.3 Å². The van der Waals surface area contributed by atoms with Crippen molar-refractivity contribution in [2.45, 2.75) is 44.9 Å². The second-order valence-corrected chi connectivity index (χ2v) is 14.5. The van der Waals surface area contributed by atoms with Gasteiger partial charge in [0.25, 0.3) is 0 Å². The van der Waals surface area contributed by atoms with E-state index in [0.717, 1.165) is 70.9 Å². The molecule has 0 bridgehead atoms. The van der Waals surface area contributed by atoms with Crippen LogP contribution in [-0.2, 0) is 19.3 Å². The van der Waals surface area contributed by atoms with Crippen molar-refractivity contribution >= 4 is 39.5 Å². The van der Waals surface area contributed by atoms with Crippen molar-refractivity contribution in [3.05, 3.63) is 197 Å². The summed E-state index contributed by atoms with van der Waals surface area (Å²) in [4.78, 5) is 10.1. The van der Waals surface area contributed by atoms with Crippen LogP contribution in [0.4, 0.5) is 0 Å². The van der Waals surface area contributed by atoms with Crippen molar-refractivity contribution < 1.29 is 0 Å². The van der Waals surface area contributed by atoms with E-state index < -0.39 is 0 Å². The minimum atomic E-state index is 0.216. The lowest BCUT2D eigenvalue weighted by molar-refractivity contribution is 0.799. The van der Waals surface area contributed by atoms with Crippen LogP contribution >= 0.6 is 0 Å². The average Bonchev–Trinajstić information content (AvgIpc) is 3.27. The maximum atomic E-state index is 5.31. The van der Waals surface area contributed by atoms with Crippen LogP contribution in [0.1, 0.15) is 68.8 Å². The Balaban J connectivity index is 1.13. The van der Waals surface area contributed by atoms with E-state index >= 15 is 0 Å². The Kier molecular flexibility index (Phi) is 8.52. The molecule has 2 aliphatic rings. The zero-order chi connectivity index (χ0) is 35.9. The molecule has 53 heavy (non-hydrogen) atoms. The molecule has 2 aliphatic carbocycles. The highest BCUT2D eigenvalue weighted by molar-refractivity contribution is 5.99. The van der Waals surface area contributed by atoms with Gasteiger partial charge in [-0.1, -0.05) is 134 Å². The number of rotatable bonds is 6. The molecule has 7 aromatic rings. The number of para-hydroxylation sites is 1. The van der Waals surface area contributed by atoms with Crippen molar-refractivity contribution in [1.82, 2.24) is 9.97 Å². The first-order chi connectivity index (χ1) is 26.1. The Hall–Kier alpha value is -6.12. The third-order valence-electron chi connectivity index (χ3n) is 11.4. The Bertz CT molecular complexity index is 2640. The van der Waals surface area contributed by atoms with Gasteiger partial charge < -0.3 is 0 Å². The summed E-state index contributed by atoms with van der Waals surface area (Å²) < 4.78 is 0. The molecule has 0 fully saturated rings. The lowest BCUT2D eigenvalue weighted by Gasteiger charge is -2.26. The largest absolute Gasteiger partial charge is 0.256 e. The third kappa shape index (κ3) is 5.85. The normalized spacial score (nSPS) is 14.8. The molecular formula is C51H42N2. The monoisotopic (exact) mass is 682 g/mol. The van der Waals surface area contributed by atoms with Gasteiger partial charge >= 0.3 is 0 Å². The van der Waals surface area contributed by atoms with Crippen LogP contribution in [0.25, 0.3) is 61.9 Å². The summed E-state index contributed by atoms with van der Waals surface area (Å²) in [5, 5.41) is 2.34. The summed E-state index contributed by atoms with van der Waals surface area (Å²) in [6.07, 6.45) is 17.9. The predicted molar refractivity (Wildman–Crippen MR) is 225 cm³/mol. The lowest BCUT2D eigenvalue weighted by Crippen LogP contribution is -2.10. The fraction of sp³-hybridized carbons (Fsp3) is 0.137. The van der Waals surface area contributed by atoms with Gasteiger partial charge in [0, 0.05) is 34.0 Å². The first kappa shape index (κ1) is 32.8. The van der Waals surface area contributed by atoms with Crippen molar-refractivity contribution in [3.63, 3.8) is 0 Å². The molecule has 0 radical (unpaired) electrons. The second-order valence-electron chi connectivity index (χ2n) is 14.5. The first-order valence-electron chi connectivity index (χ1n) is 18.8. The van der Waals surface area contributed by atoms with Crippen LogP contribution in [0.3, 0.4) is 0 Å². The maximum Gasteiger partial charge on any atom is 0.0788 e. The number of nitrogens with zero attached hydrogens (tertiary/aromatic N) is 2. The van der Waals surface area contributed by atoms with E-state index in [4.69, 9.17) is 9.97 Å². The highest BCUT2D eigenvalue weighted by atomic mass is 14.7. The zero-order valence-corrected chi connectivity index (χ0v) is 30.3. The van der Waals surface area contributed by atoms with E-state index in [1.54, 1.807) is 0 Å². The predicted octanol–water partition coefficient (Wildman–Crippen LogP) is 12.9. The molecule has 0 saturated heterocycles. The van der Waals surface area contributed by atoms with Gasteiger partial charge in [0.1, 0.15) is 0 Å².